The number of amides is 1. The Bertz CT molecular complexity index is 1160. The van der Waals surface area contributed by atoms with E-state index in [-0.39, 0.29) is 5.57 Å². The molecule has 0 saturated heterocycles. The Morgan fingerprint density at radius 2 is 1.73 bits per heavy atom. The highest BCUT2D eigenvalue weighted by Crippen LogP contribution is 2.35. The van der Waals surface area contributed by atoms with Gasteiger partial charge < -0.3 is 10.1 Å². The number of benzene rings is 3. The largest absolute Gasteiger partial charge is 0.486 e. The molecule has 33 heavy (non-hydrogen) atoms. The highest BCUT2D eigenvalue weighted by atomic mass is 35.5. The van der Waals surface area contributed by atoms with Gasteiger partial charge >= 0.3 is 0 Å². The Hall–Kier alpha value is -3.26. The highest BCUT2D eigenvalue weighted by Gasteiger charge is 2.13. The summed E-state index contributed by atoms with van der Waals surface area (Å²) in [6, 6.07) is 23.2. The highest BCUT2D eigenvalue weighted by molar-refractivity contribution is 6.37. The van der Waals surface area contributed by atoms with E-state index in [9.17, 15) is 10.1 Å². The first-order chi connectivity index (χ1) is 16.0. The molecule has 168 valence electrons. The number of hydrogen-bond donors (Lipinski definition) is 1. The second-order valence-corrected chi connectivity index (χ2v) is 8.42. The van der Waals surface area contributed by atoms with E-state index in [0.717, 1.165) is 24.0 Å². The summed E-state index contributed by atoms with van der Waals surface area (Å²) in [5.41, 5.74) is 3.87. The Labute approximate surface area is 204 Å². The van der Waals surface area contributed by atoms with E-state index >= 15 is 0 Å². The Morgan fingerprint density at radius 1 is 1.03 bits per heavy atom. The summed E-state index contributed by atoms with van der Waals surface area (Å²) in [6.07, 6.45) is 3.09. The number of aryl methyl sites for hydroxylation is 2. The first-order valence-corrected chi connectivity index (χ1v) is 11.3. The second-order valence-electron chi connectivity index (χ2n) is 7.61. The maximum absolute atomic E-state index is 12.4. The van der Waals surface area contributed by atoms with Gasteiger partial charge in [0.05, 0.1) is 10.0 Å². The molecular formula is C27H24Cl2N2O2. The third-order valence-electron chi connectivity index (χ3n) is 4.93. The number of ether oxygens (including phenoxy) is 1. The number of carbonyl (C=O) groups excluding carboxylic acids is 1. The Morgan fingerprint density at radius 3 is 2.39 bits per heavy atom. The smallest absolute Gasteiger partial charge is 0.261 e. The number of rotatable bonds is 9. The van der Waals surface area contributed by atoms with Crippen molar-refractivity contribution < 1.29 is 9.53 Å². The van der Waals surface area contributed by atoms with Crippen LogP contribution in [0.3, 0.4) is 0 Å². The molecule has 3 rings (SSSR count). The van der Waals surface area contributed by atoms with Crippen LogP contribution < -0.4 is 10.1 Å². The van der Waals surface area contributed by atoms with Crippen LogP contribution >= 0.6 is 23.2 Å². The van der Waals surface area contributed by atoms with Gasteiger partial charge in [-0.3, -0.25) is 4.79 Å². The lowest BCUT2D eigenvalue weighted by Crippen LogP contribution is -2.25. The van der Waals surface area contributed by atoms with Crippen molar-refractivity contribution in [2.45, 2.75) is 26.4 Å². The summed E-state index contributed by atoms with van der Waals surface area (Å²) in [5, 5.41) is 12.9. The summed E-state index contributed by atoms with van der Waals surface area (Å²) < 4.78 is 5.82. The lowest BCUT2D eigenvalue weighted by Gasteiger charge is -2.11. The molecule has 1 amide bonds. The topological polar surface area (TPSA) is 62.1 Å². The zero-order chi connectivity index (χ0) is 23.6. The fourth-order valence-electron chi connectivity index (χ4n) is 3.31. The standard InChI is InChI=1S/C27H24Cl2N2O2/c1-19-7-5-10-21(13-19)18-33-26-24(28)15-22(16-25(26)29)14-23(17-30)27(32)31-12-6-11-20-8-3-2-4-9-20/h2-5,7-10,13-16H,6,11-12,18H2,1H3,(H,31,32)/b23-14-. The Balaban J connectivity index is 1.61. The van der Waals surface area contributed by atoms with Crippen molar-refractivity contribution >= 4 is 35.2 Å². The zero-order valence-corrected chi connectivity index (χ0v) is 19.8. The Kier molecular flexibility index (Phi) is 8.95. The zero-order valence-electron chi connectivity index (χ0n) is 18.3. The SMILES string of the molecule is Cc1cccc(COc2c(Cl)cc(/C=C(/C#N)C(=O)NCCCc3ccccc3)cc2Cl)c1. The molecule has 3 aromatic carbocycles. The van der Waals surface area contributed by atoms with Gasteiger partial charge in [0, 0.05) is 6.54 Å². The van der Waals surface area contributed by atoms with Gasteiger partial charge in [0.15, 0.2) is 5.75 Å². The molecule has 0 spiro atoms. The van der Waals surface area contributed by atoms with E-state index in [1.54, 1.807) is 12.1 Å². The molecule has 3 aromatic rings. The van der Waals surface area contributed by atoms with Crippen molar-refractivity contribution in [3.8, 4) is 11.8 Å². The van der Waals surface area contributed by atoms with Crippen LogP contribution in [0.15, 0.2) is 72.3 Å². The van der Waals surface area contributed by atoms with E-state index in [0.29, 0.717) is 34.5 Å². The van der Waals surface area contributed by atoms with Crippen molar-refractivity contribution in [1.29, 1.82) is 5.26 Å². The van der Waals surface area contributed by atoms with Crippen LogP contribution in [-0.4, -0.2) is 12.5 Å². The van der Waals surface area contributed by atoms with E-state index in [1.807, 2.05) is 67.6 Å². The molecule has 0 bridgehead atoms. The van der Waals surface area contributed by atoms with E-state index in [4.69, 9.17) is 27.9 Å². The summed E-state index contributed by atoms with van der Waals surface area (Å²) in [6.45, 7) is 2.81. The lowest BCUT2D eigenvalue weighted by atomic mass is 10.1. The summed E-state index contributed by atoms with van der Waals surface area (Å²) in [5.74, 6) is -0.0709. The molecule has 0 aliphatic heterocycles. The van der Waals surface area contributed by atoms with Gasteiger partial charge in [0.25, 0.3) is 5.91 Å². The minimum absolute atomic E-state index is 0.0183. The molecule has 0 radical (unpaired) electrons. The normalized spacial score (nSPS) is 11.0. The van der Waals surface area contributed by atoms with E-state index < -0.39 is 5.91 Å². The number of hydrogen-bond acceptors (Lipinski definition) is 3. The average Bonchev–Trinajstić information content (AvgIpc) is 2.80. The number of halogens is 2. The number of carbonyl (C=O) groups is 1. The first kappa shape index (κ1) is 24.4. The van der Waals surface area contributed by atoms with Gasteiger partial charge in [-0.25, -0.2) is 0 Å². The molecule has 0 atom stereocenters. The minimum atomic E-state index is -0.433. The molecule has 0 aliphatic carbocycles. The van der Waals surface area contributed by atoms with E-state index in [2.05, 4.69) is 5.32 Å². The molecule has 0 aliphatic rings. The third kappa shape index (κ3) is 7.39. The van der Waals surface area contributed by atoms with Crippen LogP contribution in [0.4, 0.5) is 0 Å². The molecule has 4 nitrogen and oxygen atoms in total. The van der Waals surface area contributed by atoms with Gasteiger partial charge in [-0.15, -0.1) is 0 Å². The minimum Gasteiger partial charge on any atom is -0.486 e. The van der Waals surface area contributed by atoms with Gasteiger partial charge in [0.2, 0.25) is 0 Å². The fourth-order valence-corrected chi connectivity index (χ4v) is 3.92. The van der Waals surface area contributed by atoms with Gasteiger partial charge in [0.1, 0.15) is 18.2 Å². The molecule has 0 heterocycles. The monoisotopic (exact) mass is 478 g/mol. The average molecular weight is 479 g/mol. The van der Waals surface area contributed by atoms with Gasteiger partial charge in [-0.1, -0.05) is 83.4 Å². The first-order valence-electron chi connectivity index (χ1n) is 10.6. The lowest BCUT2D eigenvalue weighted by molar-refractivity contribution is -0.117. The van der Waals surface area contributed by atoms with Gasteiger partial charge in [-0.05, 0) is 54.7 Å². The molecule has 6 heteroatoms. The molecule has 0 fully saturated rings. The number of nitriles is 1. The van der Waals surface area contributed by atoms with Gasteiger partial charge in [-0.2, -0.15) is 5.26 Å². The number of nitrogens with zero attached hydrogens (tertiary/aromatic N) is 1. The van der Waals surface area contributed by atoms with Crippen LogP contribution in [0.1, 0.15) is 28.7 Å². The molecule has 0 saturated carbocycles. The van der Waals surface area contributed by atoms with Crippen LogP contribution in [-0.2, 0) is 17.8 Å². The molecule has 1 N–H and O–H groups in total. The predicted octanol–water partition coefficient (Wildman–Crippen LogP) is 6.54. The predicted molar refractivity (Wildman–Crippen MR) is 133 cm³/mol. The van der Waals surface area contributed by atoms with Crippen molar-refractivity contribution in [1.82, 2.24) is 5.32 Å². The second kappa shape index (κ2) is 12.1. The van der Waals surface area contributed by atoms with Crippen molar-refractivity contribution in [2.24, 2.45) is 0 Å². The summed E-state index contributed by atoms with van der Waals surface area (Å²) >= 11 is 12.8. The molecule has 0 unspecified atom stereocenters. The van der Waals surface area contributed by atoms with Crippen LogP contribution in [0, 0.1) is 18.3 Å². The maximum atomic E-state index is 12.4. The maximum Gasteiger partial charge on any atom is 0.261 e. The summed E-state index contributed by atoms with van der Waals surface area (Å²) in [7, 11) is 0. The van der Waals surface area contributed by atoms with Crippen LogP contribution in [0.5, 0.6) is 5.75 Å². The third-order valence-corrected chi connectivity index (χ3v) is 5.49. The van der Waals surface area contributed by atoms with Crippen LogP contribution in [0.25, 0.3) is 6.08 Å². The fraction of sp³-hybridized carbons (Fsp3) is 0.185. The quantitative estimate of drug-likeness (QED) is 0.215. The van der Waals surface area contributed by atoms with Crippen molar-refractivity contribution in [3.63, 3.8) is 0 Å². The van der Waals surface area contributed by atoms with Crippen LogP contribution in [0.2, 0.25) is 10.0 Å². The van der Waals surface area contributed by atoms with Crippen molar-refractivity contribution in [2.75, 3.05) is 6.54 Å². The summed E-state index contributed by atoms with van der Waals surface area (Å²) in [4.78, 5) is 12.4. The number of nitrogens with one attached hydrogen (secondary N) is 1. The van der Waals surface area contributed by atoms with Crippen molar-refractivity contribution in [3.05, 3.63) is 105 Å². The van der Waals surface area contributed by atoms with E-state index in [1.165, 1.54) is 11.6 Å². The molecular weight excluding hydrogens is 455 g/mol. The molecule has 0 aromatic heterocycles.